The highest BCUT2D eigenvalue weighted by Crippen LogP contribution is 2.20. The molecular weight excluding hydrogens is 253 g/mol. The lowest BCUT2D eigenvalue weighted by Gasteiger charge is -2.35. The van der Waals surface area contributed by atoms with Crippen molar-refractivity contribution in [2.24, 2.45) is 5.92 Å². The predicted molar refractivity (Wildman–Crippen MR) is 80.1 cm³/mol. The molecule has 1 aromatic carbocycles. The Balaban J connectivity index is 1.65. The quantitative estimate of drug-likeness (QED) is 0.784. The molecule has 0 aliphatic carbocycles. The molecule has 2 nitrogen and oxygen atoms in total. The molecule has 0 saturated carbocycles. The highest BCUT2D eigenvalue weighted by Gasteiger charge is 2.21. The van der Waals surface area contributed by atoms with Crippen molar-refractivity contribution < 1.29 is 9.13 Å². The van der Waals surface area contributed by atoms with E-state index in [9.17, 15) is 4.39 Å². The molecule has 20 heavy (non-hydrogen) atoms. The van der Waals surface area contributed by atoms with E-state index in [1.54, 1.807) is 12.1 Å². The van der Waals surface area contributed by atoms with Crippen molar-refractivity contribution in [3.63, 3.8) is 0 Å². The Morgan fingerprint density at radius 3 is 2.50 bits per heavy atom. The third kappa shape index (κ3) is 4.57. The summed E-state index contributed by atoms with van der Waals surface area (Å²) in [4.78, 5) is 2.58. The van der Waals surface area contributed by atoms with Crippen molar-refractivity contribution in [2.45, 2.75) is 45.8 Å². The van der Waals surface area contributed by atoms with Crippen LogP contribution in [0.1, 0.15) is 38.7 Å². The normalized spacial score (nSPS) is 19.1. The number of nitrogens with zero attached hydrogens (tertiary/aromatic N) is 1. The van der Waals surface area contributed by atoms with Gasteiger partial charge in [-0.1, -0.05) is 19.1 Å². The van der Waals surface area contributed by atoms with E-state index >= 15 is 0 Å². The highest BCUT2D eigenvalue weighted by atomic mass is 19.1. The van der Waals surface area contributed by atoms with E-state index in [0.29, 0.717) is 18.6 Å². The molecule has 1 heterocycles. The Morgan fingerprint density at radius 2 is 1.90 bits per heavy atom. The van der Waals surface area contributed by atoms with Crippen molar-refractivity contribution in [1.29, 1.82) is 0 Å². The van der Waals surface area contributed by atoms with Crippen LogP contribution in [0.15, 0.2) is 24.3 Å². The fraction of sp³-hybridized carbons (Fsp3) is 0.647. The molecule has 1 saturated heterocycles. The van der Waals surface area contributed by atoms with Gasteiger partial charge in [0.25, 0.3) is 0 Å². The number of rotatable bonds is 6. The Morgan fingerprint density at radius 1 is 1.25 bits per heavy atom. The second-order valence-corrected chi connectivity index (χ2v) is 5.88. The topological polar surface area (TPSA) is 12.5 Å². The van der Waals surface area contributed by atoms with Crippen LogP contribution >= 0.6 is 0 Å². The van der Waals surface area contributed by atoms with Gasteiger partial charge in [0.2, 0.25) is 0 Å². The van der Waals surface area contributed by atoms with E-state index in [-0.39, 0.29) is 5.82 Å². The summed E-state index contributed by atoms with van der Waals surface area (Å²) < 4.78 is 18.6. The Labute approximate surface area is 121 Å². The van der Waals surface area contributed by atoms with Crippen molar-refractivity contribution in [1.82, 2.24) is 4.90 Å². The van der Waals surface area contributed by atoms with E-state index in [4.69, 9.17) is 4.74 Å². The van der Waals surface area contributed by atoms with E-state index in [0.717, 1.165) is 12.2 Å². The molecule has 0 aromatic heterocycles. The number of hydrogen-bond acceptors (Lipinski definition) is 2. The molecule has 1 aliphatic heterocycles. The van der Waals surface area contributed by atoms with Gasteiger partial charge in [0, 0.05) is 12.6 Å². The van der Waals surface area contributed by atoms with Gasteiger partial charge >= 0.3 is 0 Å². The zero-order chi connectivity index (χ0) is 14.4. The summed E-state index contributed by atoms with van der Waals surface area (Å²) in [7, 11) is 0. The molecule has 1 aromatic rings. The monoisotopic (exact) mass is 279 g/mol. The average molecular weight is 279 g/mol. The van der Waals surface area contributed by atoms with Crippen LogP contribution in [-0.4, -0.2) is 30.6 Å². The molecule has 1 fully saturated rings. The lowest BCUT2D eigenvalue weighted by molar-refractivity contribution is 0.0490. The first kappa shape index (κ1) is 15.5. The van der Waals surface area contributed by atoms with Gasteiger partial charge in [0.1, 0.15) is 5.82 Å². The van der Waals surface area contributed by atoms with Crippen LogP contribution in [0, 0.1) is 11.7 Å². The minimum absolute atomic E-state index is 0.189. The molecular formula is C17H26FNO. The molecule has 0 spiro atoms. The number of halogens is 1. The molecule has 1 aliphatic rings. The molecule has 0 bridgehead atoms. The number of ether oxygens (including phenoxy) is 1. The van der Waals surface area contributed by atoms with Crippen molar-refractivity contribution >= 4 is 0 Å². The van der Waals surface area contributed by atoms with Crippen molar-refractivity contribution in [3.05, 3.63) is 35.6 Å². The molecule has 0 radical (unpaired) electrons. The molecule has 0 N–H and O–H groups in total. The number of likely N-dealkylation sites (tertiary alicyclic amines) is 1. The largest absolute Gasteiger partial charge is 0.376 e. The van der Waals surface area contributed by atoms with Gasteiger partial charge in [-0.25, -0.2) is 4.39 Å². The zero-order valence-electron chi connectivity index (χ0n) is 12.6. The first-order valence-corrected chi connectivity index (χ1v) is 7.75. The van der Waals surface area contributed by atoms with Crippen LogP contribution < -0.4 is 0 Å². The molecule has 2 rings (SSSR count). The molecule has 1 atom stereocenters. The Bertz CT molecular complexity index is 384. The van der Waals surface area contributed by atoms with Crippen LogP contribution in [0.2, 0.25) is 0 Å². The van der Waals surface area contributed by atoms with Gasteiger partial charge in [-0.05, 0) is 62.9 Å². The Kier molecular flexibility index (Phi) is 5.99. The van der Waals surface area contributed by atoms with E-state index < -0.39 is 0 Å². The van der Waals surface area contributed by atoms with Gasteiger partial charge in [-0.3, -0.25) is 0 Å². The van der Waals surface area contributed by atoms with Gasteiger partial charge in [0.05, 0.1) is 6.61 Å². The maximum absolute atomic E-state index is 12.8. The van der Waals surface area contributed by atoms with Gasteiger partial charge in [-0.2, -0.15) is 0 Å². The second kappa shape index (κ2) is 7.75. The fourth-order valence-corrected chi connectivity index (χ4v) is 2.74. The van der Waals surface area contributed by atoms with E-state index in [1.807, 2.05) is 0 Å². The first-order valence-electron chi connectivity index (χ1n) is 7.75. The number of hydrogen-bond donors (Lipinski definition) is 0. The number of benzene rings is 1. The first-order chi connectivity index (χ1) is 9.69. The van der Waals surface area contributed by atoms with Gasteiger partial charge in [0.15, 0.2) is 0 Å². The minimum atomic E-state index is -0.189. The van der Waals surface area contributed by atoms with Crippen LogP contribution in [0.5, 0.6) is 0 Å². The van der Waals surface area contributed by atoms with Gasteiger partial charge in [-0.15, -0.1) is 0 Å². The summed E-state index contributed by atoms with van der Waals surface area (Å²) in [6, 6.07) is 7.27. The Hall–Kier alpha value is -0.930. The summed E-state index contributed by atoms with van der Waals surface area (Å²) in [5.41, 5.74) is 1.04. The van der Waals surface area contributed by atoms with Crippen LogP contribution in [0.25, 0.3) is 0 Å². The summed E-state index contributed by atoms with van der Waals surface area (Å²) in [6.45, 7) is 8.37. The third-order valence-electron chi connectivity index (χ3n) is 4.40. The zero-order valence-corrected chi connectivity index (χ0v) is 12.6. The predicted octanol–water partition coefficient (Wildman–Crippen LogP) is 3.85. The smallest absolute Gasteiger partial charge is 0.123 e. The molecule has 112 valence electrons. The molecule has 3 heteroatoms. The maximum atomic E-state index is 12.8. The van der Waals surface area contributed by atoms with Crippen molar-refractivity contribution in [2.75, 3.05) is 19.7 Å². The highest BCUT2D eigenvalue weighted by molar-refractivity contribution is 5.14. The fourth-order valence-electron chi connectivity index (χ4n) is 2.74. The number of piperidine rings is 1. The summed E-state index contributed by atoms with van der Waals surface area (Å²) >= 11 is 0. The van der Waals surface area contributed by atoms with Crippen LogP contribution in [0.3, 0.4) is 0 Å². The minimum Gasteiger partial charge on any atom is -0.376 e. The maximum Gasteiger partial charge on any atom is 0.123 e. The summed E-state index contributed by atoms with van der Waals surface area (Å²) in [5, 5.41) is 0. The van der Waals surface area contributed by atoms with E-state index in [1.165, 1.54) is 44.5 Å². The van der Waals surface area contributed by atoms with Crippen molar-refractivity contribution in [3.8, 4) is 0 Å². The summed E-state index contributed by atoms with van der Waals surface area (Å²) in [5.74, 6) is 0.488. The summed E-state index contributed by atoms with van der Waals surface area (Å²) in [6.07, 6.45) is 3.69. The lowest BCUT2D eigenvalue weighted by Crippen LogP contribution is -2.40. The average Bonchev–Trinajstić information content (AvgIpc) is 2.49. The third-order valence-corrected chi connectivity index (χ3v) is 4.40. The SMILES string of the molecule is CCC(C)N1CCC(COCc2ccc(F)cc2)CC1. The lowest BCUT2D eigenvalue weighted by atomic mass is 9.96. The standard InChI is InChI=1S/C17H26FNO/c1-3-14(2)19-10-8-16(9-11-19)13-20-12-15-4-6-17(18)7-5-15/h4-7,14,16H,3,8-13H2,1-2H3. The van der Waals surface area contributed by atoms with Crippen LogP contribution in [0.4, 0.5) is 4.39 Å². The van der Waals surface area contributed by atoms with Gasteiger partial charge < -0.3 is 9.64 Å². The molecule has 1 unspecified atom stereocenters. The van der Waals surface area contributed by atoms with Crippen LogP contribution in [-0.2, 0) is 11.3 Å². The molecule has 0 amide bonds. The second-order valence-electron chi connectivity index (χ2n) is 5.88. The van der Waals surface area contributed by atoms with E-state index in [2.05, 4.69) is 18.7 Å².